The molecule has 1 aromatic heterocycles. The first-order valence-electron chi connectivity index (χ1n) is 13.0. The first-order valence-corrected chi connectivity index (χ1v) is 14.5. The quantitative estimate of drug-likeness (QED) is 0.607. The molecule has 10 heteroatoms. The van der Waals surface area contributed by atoms with Crippen LogP contribution >= 0.6 is 0 Å². The molecule has 0 unspecified atom stereocenters. The van der Waals surface area contributed by atoms with E-state index < -0.39 is 16.1 Å². The molecule has 4 heterocycles. The summed E-state index contributed by atoms with van der Waals surface area (Å²) in [5.74, 6) is -0.363. The van der Waals surface area contributed by atoms with Crippen LogP contribution in [0.25, 0.3) is 10.8 Å². The minimum atomic E-state index is -3.91. The van der Waals surface area contributed by atoms with Crippen molar-refractivity contribution >= 4 is 32.6 Å². The number of likely N-dealkylation sites (tertiary alicyclic amines) is 3. The average molecular weight is 514 g/mol. The van der Waals surface area contributed by atoms with Crippen LogP contribution in [-0.4, -0.2) is 91.3 Å². The third-order valence-corrected chi connectivity index (χ3v) is 9.13. The average Bonchev–Trinajstić information content (AvgIpc) is 3.54. The molecule has 3 aliphatic heterocycles. The summed E-state index contributed by atoms with van der Waals surface area (Å²) in [5.41, 5.74) is 0.856. The second-order valence-electron chi connectivity index (χ2n) is 10.3. The molecule has 9 nitrogen and oxygen atoms in total. The van der Waals surface area contributed by atoms with Gasteiger partial charge in [-0.05, 0) is 82.1 Å². The lowest BCUT2D eigenvalue weighted by Gasteiger charge is -2.34. The van der Waals surface area contributed by atoms with Crippen molar-refractivity contribution in [3.05, 3.63) is 36.2 Å². The van der Waals surface area contributed by atoms with E-state index in [1.807, 2.05) is 17.9 Å². The SMILES string of the molecule is Cc1cc2ccc(S(=O)(=O)N[C@H]3CCCN(CC(=O)N4CCC[C@H]4CN4CCCC4)C3=O)cc2cn1. The number of sulfonamides is 1. The van der Waals surface area contributed by atoms with E-state index in [2.05, 4.69) is 14.6 Å². The van der Waals surface area contributed by atoms with Gasteiger partial charge >= 0.3 is 0 Å². The second-order valence-corrected chi connectivity index (χ2v) is 12.0. The Morgan fingerprint density at radius 1 is 1.03 bits per heavy atom. The summed E-state index contributed by atoms with van der Waals surface area (Å²) < 4.78 is 28.8. The maximum absolute atomic E-state index is 13.2. The standard InChI is InChI=1S/C26H35N5O4S/c1-19-14-20-8-9-23(15-21(20)16-27-19)36(34,35)28-24-7-5-12-30(26(24)33)18-25(32)31-13-4-6-22(31)17-29-10-2-3-11-29/h8-9,14-16,22,24,28H,2-7,10-13,17-18H2,1H3/t22-,24-/m0/s1. The Morgan fingerprint density at radius 3 is 2.61 bits per heavy atom. The monoisotopic (exact) mass is 513 g/mol. The zero-order chi connectivity index (χ0) is 25.3. The van der Waals surface area contributed by atoms with E-state index in [4.69, 9.17) is 0 Å². The van der Waals surface area contributed by atoms with E-state index in [1.54, 1.807) is 24.4 Å². The maximum atomic E-state index is 13.2. The first-order chi connectivity index (χ1) is 17.3. The lowest BCUT2D eigenvalue weighted by atomic mass is 10.1. The molecule has 5 rings (SSSR count). The molecule has 0 spiro atoms. The predicted molar refractivity (Wildman–Crippen MR) is 137 cm³/mol. The van der Waals surface area contributed by atoms with Crippen LogP contribution in [0.2, 0.25) is 0 Å². The van der Waals surface area contributed by atoms with Gasteiger partial charge in [-0.2, -0.15) is 4.72 Å². The summed E-state index contributed by atoms with van der Waals surface area (Å²) in [5, 5.41) is 1.63. The van der Waals surface area contributed by atoms with Gasteiger partial charge in [0.2, 0.25) is 21.8 Å². The zero-order valence-electron chi connectivity index (χ0n) is 20.9. The number of hydrogen-bond donors (Lipinski definition) is 1. The molecule has 2 amide bonds. The molecule has 2 aromatic rings. The molecule has 2 atom stereocenters. The van der Waals surface area contributed by atoms with E-state index in [9.17, 15) is 18.0 Å². The van der Waals surface area contributed by atoms with Crippen LogP contribution in [0.3, 0.4) is 0 Å². The molecule has 0 aliphatic carbocycles. The van der Waals surface area contributed by atoms with Gasteiger partial charge in [-0.15, -0.1) is 0 Å². The number of aromatic nitrogens is 1. The van der Waals surface area contributed by atoms with Gasteiger partial charge in [0.15, 0.2) is 0 Å². The number of benzene rings is 1. The van der Waals surface area contributed by atoms with E-state index >= 15 is 0 Å². The molecule has 0 saturated carbocycles. The number of piperidine rings is 1. The summed E-state index contributed by atoms with van der Waals surface area (Å²) >= 11 is 0. The Hall–Kier alpha value is -2.56. The second kappa shape index (κ2) is 10.4. The predicted octanol–water partition coefficient (Wildman–Crippen LogP) is 1.90. The van der Waals surface area contributed by atoms with Crippen molar-refractivity contribution in [3.8, 4) is 0 Å². The lowest BCUT2D eigenvalue weighted by Crippen LogP contribution is -2.55. The minimum absolute atomic E-state index is 0.00849. The smallest absolute Gasteiger partial charge is 0.242 e. The fraction of sp³-hybridized carbons (Fsp3) is 0.577. The van der Waals surface area contributed by atoms with Crippen LogP contribution in [0.4, 0.5) is 0 Å². The number of rotatable bonds is 7. The molecule has 0 radical (unpaired) electrons. The highest BCUT2D eigenvalue weighted by atomic mass is 32.2. The van der Waals surface area contributed by atoms with Crippen molar-refractivity contribution in [2.45, 2.75) is 62.4 Å². The van der Waals surface area contributed by atoms with Crippen LogP contribution < -0.4 is 4.72 Å². The van der Waals surface area contributed by atoms with E-state index in [0.29, 0.717) is 19.4 Å². The van der Waals surface area contributed by atoms with Crippen molar-refractivity contribution < 1.29 is 18.0 Å². The summed E-state index contributed by atoms with van der Waals surface area (Å²) in [6.07, 6.45) is 7.13. The van der Waals surface area contributed by atoms with Gasteiger partial charge in [0.1, 0.15) is 6.04 Å². The van der Waals surface area contributed by atoms with Crippen molar-refractivity contribution in [2.24, 2.45) is 0 Å². The van der Waals surface area contributed by atoms with Crippen LogP contribution in [0.5, 0.6) is 0 Å². The Kier molecular flexibility index (Phi) is 7.28. The molecule has 36 heavy (non-hydrogen) atoms. The summed E-state index contributed by atoms with van der Waals surface area (Å²) in [4.78, 5) is 36.6. The number of nitrogens with one attached hydrogen (secondary N) is 1. The van der Waals surface area contributed by atoms with Crippen molar-refractivity contribution in [1.29, 1.82) is 0 Å². The third-order valence-electron chi connectivity index (χ3n) is 7.66. The highest BCUT2D eigenvalue weighted by Crippen LogP contribution is 2.23. The number of aryl methyl sites for hydroxylation is 1. The van der Waals surface area contributed by atoms with Crippen LogP contribution in [0, 0.1) is 6.92 Å². The fourth-order valence-electron chi connectivity index (χ4n) is 5.73. The Morgan fingerprint density at radius 2 is 1.81 bits per heavy atom. The van der Waals surface area contributed by atoms with Gasteiger partial charge in [-0.1, -0.05) is 6.07 Å². The van der Waals surface area contributed by atoms with Crippen molar-refractivity contribution in [2.75, 3.05) is 39.3 Å². The Bertz CT molecular complexity index is 1240. The van der Waals surface area contributed by atoms with Gasteiger partial charge in [0.25, 0.3) is 0 Å². The van der Waals surface area contributed by atoms with E-state index in [0.717, 1.165) is 55.5 Å². The number of carbonyl (C=O) groups excluding carboxylic acids is 2. The van der Waals surface area contributed by atoms with Gasteiger partial charge < -0.3 is 14.7 Å². The summed E-state index contributed by atoms with van der Waals surface area (Å²) in [7, 11) is -3.91. The minimum Gasteiger partial charge on any atom is -0.337 e. The normalized spacial score (nSPS) is 23.6. The van der Waals surface area contributed by atoms with E-state index in [1.165, 1.54) is 17.7 Å². The molecule has 3 saturated heterocycles. The summed E-state index contributed by atoms with van der Waals surface area (Å²) in [6, 6.07) is 6.10. The number of nitrogens with zero attached hydrogens (tertiary/aromatic N) is 4. The summed E-state index contributed by atoms with van der Waals surface area (Å²) in [6.45, 7) is 6.18. The van der Waals surface area contributed by atoms with E-state index in [-0.39, 0.29) is 29.3 Å². The van der Waals surface area contributed by atoms with Crippen LogP contribution in [0.15, 0.2) is 35.4 Å². The molecule has 0 bridgehead atoms. The topological polar surface area (TPSA) is 103 Å². The molecule has 1 N–H and O–H groups in total. The molecule has 3 aliphatic rings. The number of fused-ring (bicyclic) bond motifs is 1. The Balaban J connectivity index is 1.23. The van der Waals surface area contributed by atoms with Crippen LogP contribution in [-0.2, 0) is 19.6 Å². The van der Waals surface area contributed by atoms with Gasteiger partial charge in [-0.25, -0.2) is 8.42 Å². The number of amides is 2. The molecular formula is C26H35N5O4S. The number of hydrogen-bond acceptors (Lipinski definition) is 6. The molecule has 1 aromatic carbocycles. The largest absolute Gasteiger partial charge is 0.337 e. The van der Waals surface area contributed by atoms with Crippen molar-refractivity contribution in [3.63, 3.8) is 0 Å². The molecular weight excluding hydrogens is 478 g/mol. The first kappa shape index (κ1) is 25.1. The van der Waals surface area contributed by atoms with Crippen LogP contribution in [0.1, 0.15) is 44.2 Å². The van der Waals surface area contributed by atoms with Gasteiger partial charge in [0, 0.05) is 43.0 Å². The molecule has 194 valence electrons. The van der Waals surface area contributed by atoms with Crippen molar-refractivity contribution in [1.82, 2.24) is 24.4 Å². The lowest BCUT2D eigenvalue weighted by molar-refractivity contribution is -0.143. The molecule has 3 fully saturated rings. The Labute approximate surface area is 212 Å². The maximum Gasteiger partial charge on any atom is 0.242 e. The third kappa shape index (κ3) is 5.40. The van der Waals surface area contributed by atoms with Gasteiger partial charge in [0.05, 0.1) is 11.4 Å². The van der Waals surface area contributed by atoms with Gasteiger partial charge in [-0.3, -0.25) is 14.6 Å². The number of carbonyl (C=O) groups is 2. The fourth-order valence-corrected chi connectivity index (χ4v) is 6.99. The highest BCUT2D eigenvalue weighted by molar-refractivity contribution is 7.89. The highest BCUT2D eigenvalue weighted by Gasteiger charge is 2.36. The zero-order valence-corrected chi connectivity index (χ0v) is 21.7. The number of pyridine rings is 1.